The second-order valence-corrected chi connectivity index (χ2v) is 8.10. The molecule has 1 aromatic carbocycles. The van der Waals surface area contributed by atoms with E-state index in [2.05, 4.69) is 11.6 Å². The molecule has 0 bridgehead atoms. The van der Waals surface area contributed by atoms with Crippen LogP contribution in [0.25, 0.3) is 0 Å². The van der Waals surface area contributed by atoms with Crippen LogP contribution < -0.4 is 4.72 Å². The zero-order valence-corrected chi connectivity index (χ0v) is 15.1. The predicted molar refractivity (Wildman–Crippen MR) is 92.6 cm³/mol. The van der Waals surface area contributed by atoms with Gasteiger partial charge in [0.25, 0.3) is 10.2 Å². The average molecular weight is 354 g/mol. The summed E-state index contributed by atoms with van der Waals surface area (Å²) < 4.78 is 34.2. The van der Waals surface area contributed by atoms with E-state index in [-0.39, 0.29) is 6.42 Å². The molecule has 1 aromatic rings. The van der Waals surface area contributed by atoms with E-state index in [0.717, 1.165) is 18.4 Å². The maximum atomic E-state index is 12.7. The number of carbonyl (C=O) groups is 1. The third-order valence-corrected chi connectivity index (χ3v) is 5.88. The molecule has 0 unspecified atom stereocenters. The van der Waals surface area contributed by atoms with Crippen LogP contribution in [-0.2, 0) is 26.2 Å². The number of hydrogen-bond donors (Lipinski definition) is 1. The molecule has 2 atom stereocenters. The molecule has 1 fully saturated rings. The first-order chi connectivity index (χ1) is 11.4. The van der Waals surface area contributed by atoms with Gasteiger partial charge in [-0.25, -0.2) is 0 Å². The van der Waals surface area contributed by atoms with Crippen molar-refractivity contribution in [3.63, 3.8) is 0 Å². The molecular formula is C17H26N2O4S. The molecule has 0 aliphatic carbocycles. The molecule has 1 saturated heterocycles. The molecule has 24 heavy (non-hydrogen) atoms. The molecule has 2 rings (SSSR count). The van der Waals surface area contributed by atoms with Crippen LogP contribution in [0.5, 0.6) is 0 Å². The highest BCUT2D eigenvalue weighted by atomic mass is 32.2. The van der Waals surface area contributed by atoms with Crippen molar-refractivity contribution in [2.75, 3.05) is 20.2 Å². The van der Waals surface area contributed by atoms with Crippen LogP contribution in [0.1, 0.15) is 31.7 Å². The van der Waals surface area contributed by atoms with E-state index in [9.17, 15) is 13.2 Å². The van der Waals surface area contributed by atoms with E-state index in [1.54, 1.807) is 0 Å². The highest BCUT2D eigenvalue weighted by molar-refractivity contribution is 7.87. The van der Waals surface area contributed by atoms with Crippen LogP contribution in [0.15, 0.2) is 30.3 Å². The fourth-order valence-corrected chi connectivity index (χ4v) is 4.55. The number of ether oxygens (including phenoxy) is 1. The van der Waals surface area contributed by atoms with Crippen LogP contribution in [0, 0.1) is 5.92 Å². The van der Waals surface area contributed by atoms with Crippen molar-refractivity contribution in [1.82, 2.24) is 9.03 Å². The molecule has 1 heterocycles. The van der Waals surface area contributed by atoms with Crippen LogP contribution in [0.4, 0.5) is 0 Å². The SMILES string of the molecule is COC(=O)C[C@H](Cc1ccccc1)NS(=O)(=O)N1CCC[C@H](C)C1. The standard InChI is InChI=1S/C17H26N2O4S/c1-14-7-6-10-19(13-14)24(21,22)18-16(12-17(20)23-2)11-15-8-4-3-5-9-15/h3-5,8-9,14,16,18H,6-7,10-13H2,1-2H3/t14-,16-/m0/s1. The van der Waals surface area contributed by atoms with E-state index in [1.807, 2.05) is 30.3 Å². The number of piperidine rings is 1. The van der Waals surface area contributed by atoms with Gasteiger partial charge in [0, 0.05) is 19.1 Å². The van der Waals surface area contributed by atoms with E-state index in [1.165, 1.54) is 11.4 Å². The summed E-state index contributed by atoms with van der Waals surface area (Å²) in [5.74, 6) is -0.0749. The first-order valence-electron chi connectivity index (χ1n) is 8.29. The van der Waals surface area contributed by atoms with Gasteiger partial charge in [-0.15, -0.1) is 0 Å². The fraction of sp³-hybridized carbons (Fsp3) is 0.588. The number of carbonyl (C=O) groups excluding carboxylic acids is 1. The topological polar surface area (TPSA) is 75.7 Å². The van der Waals surface area contributed by atoms with Crippen molar-refractivity contribution in [3.8, 4) is 0 Å². The minimum absolute atomic E-state index is 0.00795. The molecule has 6 nitrogen and oxygen atoms in total. The van der Waals surface area contributed by atoms with Crippen LogP contribution in [0.2, 0.25) is 0 Å². The van der Waals surface area contributed by atoms with Gasteiger partial charge in [0.15, 0.2) is 0 Å². The van der Waals surface area contributed by atoms with Gasteiger partial charge in [0.1, 0.15) is 0 Å². The van der Waals surface area contributed by atoms with E-state index in [4.69, 9.17) is 4.74 Å². The third kappa shape index (κ3) is 5.58. The predicted octanol–water partition coefficient (Wildman–Crippen LogP) is 1.73. The van der Waals surface area contributed by atoms with Gasteiger partial charge < -0.3 is 4.74 Å². The molecule has 1 N–H and O–H groups in total. The third-order valence-electron chi connectivity index (χ3n) is 4.24. The zero-order valence-electron chi connectivity index (χ0n) is 14.3. The van der Waals surface area contributed by atoms with Crippen molar-refractivity contribution in [1.29, 1.82) is 0 Å². The lowest BCUT2D eigenvalue weighted by atomic mass is 10.0. The largest absolute Gasteiger partial charge is 0.469 e. The van der Waals surface area contributed by atoms with Crippen molar-refractivity contribution >= 4 is 16.2 Å². The fourth-order valence-electron chi connectivity index (χ4n) is 2.99. The van der Waals surface area contributed by atoms with E-state index < -0.39 is 22.2 Å². The Morgan fingerprint density at radius 3 is 2.71 bits per heavy atom. The van der Waals surface area contributed by atoms with Crippen molar-refractivity contribution < 1.29 is 17.9 Å². The second-order valence-electron chi connectivity index (χ2n) is 6.40. The number of hydrogen-bond acceptors (Lipinski definition) is 4. The summed E-state index contributed by atoms with van der Waals surface area (Å²) in [5.41, 5.74) is 0.973. The molecule has 0 aromatic heterocycles. The average Bonchev–Trinajstić information content (AvgIpc) is 2.55. The molecule has 7 heteroatoms. The van der Waals surface area contributed by atoms with Gasteiger partial charge in [0.2, 0.25) is 0 Å². The monoisotopic (exact) mass is 354 g/mol. The molecule has 1 aliphatic heterocycles. The first kappa shape index (κ1) is 18.9. The summed E-state index contributed by atoms with van der Waals surface area (Å²) in [6.45, 7) is 3.10. The van der Waals surface area contributed by atoms with Crippen LogP contribution in [0.3, 0.4) is 0 Å². The Morgan fingerprint density at radius 1 is 1.38 bits per heavy atom. The molecule has 134 valence electrons. The Kier molecular flexibility index (Phi) is 6.77. The van der Waals surface area contributed by atoms with Gasteiger partial charge in [-0.2, -0.15) is 17.4 Å². The van der Waals surface area contributed by atoms with Gasteiger partial charge in [-0.05, 0) is 30.7 Å². The Morgan fingerprint density at radius 2 is 2.08 bits per heavy atom. The highest BCUT2D eigenvalue weighted by Gasteiger charge is 2.30. The molecule has 0 saturated carbocycles. The minimum Gasteiger partial charge on any atom is -0.469 e. The van der Waals surface area contributed by atoms with Gasteiger partial charge in [-0.1, -0.05) is 37.3 Å². The summed E-state index contributed by atoms with van der Waals surface area (Å²) in [7, 11) is -2.31. The maximum absolute atomic E-state index is 12.7. The lowest BCUT2D eigenvalue weighted by molar-refractivity contribution is -0.141. The molecule has 0 radical (unpaired) electrons. The zero-order chi connectivity index (χ0) is 17.6. The van der Waals surface area contributed by atoms with Gasteiger partial charge in [0.05, 0.1) is 13.5 Å². The lowest BCUT2D eigenvalue weighted by Crippen LogP contribution is -2.49. The summed E-state index contributed by atoms with van der Waals surface area (Å²) in [6.07, 6.45) is 2.36. The molecule has 1 aliphatic rings. The highest BCUT2D eigenvalue weighted by Crippen LogP contribution is 2.18. The lowest BCUT2D eigenvalue weighted by Gasteiger charge is -2.31. The Bertz CT molecular complexity index is 633. The van der Waals surface area contributed by atoms with Crippen molar-refractivity contribution in [3.05, 3.63) is 35.9 Å². The Labute approximate surface area is 144 Å². The van der Waals surface area contributed by atoms with Gasteiger partial charge >= 0.3 is 5.97 Å². The summed E-state index contributed by atoms with van der Waals surface area (Å²) in [6, 6.07) is 9.00. The minimum atomic E-state index is -3.61. The molecular weight excluding hydrogens is 328 g/mol. The smallest absolute Gasteiger partial charge is 0.307 e. The Hall–Kier alpha value is -1.44. The Balaban J connectivity index is 2.09. The molecule has 0 amide bonds. The quantitative estimate of drug-likeness (QED) is 0.757. The van der Waals surface area contributed by atoms with Gasteiger partial charge in [-0.3, -0.25) is 4.79 Å². The first-order valence-corrected chi connectivity index (χ1v) is 9.73. The second kappa shape index (κ2) is 8.60. The summed E-state index contributed by atoms with van der Waals surface area (Å²) in [5, 5.41) is 0. The van der Waals surface area contributed by atoms with E-state index in [0.29, 0.717) is 25.4 Å². The number of esters is 1. The van der Waals surface area contributed by atoms with Crippen LogP contribution in [-0.4, -0.2) is 44.9 Å². The summed E-state index contributed by atoms with van der Waals surface area (Å²) >= 11 is 0. The molecule has 0 spiro atoms. The van der Waals surface area contributed by atoms with Crippen molar-refractivity contribution in [2.24, 2.45) is 5.92 Å². The number of methoxy groups -OCH3 is 1. The van der Waals surface area contributed by atoms with E-state index >= 15 is 0 Å². The van der Waals surface area contributed by atoms with Crippen LogP contribution >= 0.6 is 0 Å². The number of rotatable bonds is 7. The van der Waals surface area contributed by atoms with Crippen molar-refractivity contribution in [2.45, 2.75) is 38.6 Å². The maximum Gasteiger partial charge on any atom is 0.307 e. The number of benzene rings is 1. The normalized spacial score (nSPS) is 20.5. The summed E-state index contributed by atoms with van der Waals surface area (Å²) in [4.78, 5) is 11.7. The number of nitrogens with one attached hydrogen (secondary N) is 1. The number of nitrogens with zero attached hydrogens (tertiary/aromatic N) is 1.